The van der Waals surface area contributed by atoms with Gasteiger partial charge in [0.25, 0.3) is 0 Å². The fourth-order valence-electron chi connectivity index (χ4n) is 1.35. The van der Waals surface area contributed by atoms with E-state index in [1.54, 1.807) is 6.92 Å². The first kappa shape index (κ1) is 15.4. The number of carbonyl (C=O) groups is 1. The topological polar surface area (TPSA) is 66.5 Å². The molecule has 5 nitrogen and oxygen atoms in total. The zero-order chi connectivity index (χ0) is 12.8. The summed E-state index contributed by atoms with van der Waals surface area (Å²) in [5.74, 6) is -0.0578. The van der Waals surface area contributed by atoms with E-state index in [1.807, 2.05) is 13.8 Å². The minimum Gasteiger partial charge on any atom is -0.355 e. The predicted octanol–water partition coefficient (Wildman–Crippen LogP) is 0.573. The Balaban J connectivity index is 4.30. The summed E-state index contributed by atoms with van der Waals surface area (Å²) in [6.07, 6.45) is 2.37. The van der Waals surface area contributed by atoms with Crippen molar-refractivity contribution in [3.63, 3.8) is 0 Å². The lowest BCUT2D eigenvalue weighted by Gasteiger charge is -2.25. The highest BCUT2D eigenvalue weighted by Gasteiger charge is 2.21. The predicted molar refractivity (Wildman–Crippen MR) is 64.6 cm³/mol. The minimum atomic E-state index is -3.20. The molecule has 16 heavy (non-hydrogen) atoms. The van der Waals surface area contributed by atoms with Crippen LogP contribution in [0.3, 0.4) is 0 Å². The first-order valence-corrected chi connectivity index (χ1v) is 7.41. The Morgan fingerprint density at radius 1 is 1.38 bits per heavy atom. The lowest BCUT2D eigenvalue weighted by atomic mass is 10.2. The SMILES string of the molecule is CCC(=O)NCCN(C(C)CC)S(C)(=O)=O. The molecule has 0 radical (unpaired) electrons. The highest BCUT2D eigenvalue weighted by molar-refractivity contribution is 7.88. The summed E-state index contributed by atoms with van der Waals surface area (Å²) in [5.41, 5.74) is 0. The van der Waals surface area contributed by atoms with Crippen molar-refractivity contribution in [1.29, 1.82) is 0 Å². The number of nitrogens with zero attached hydrogens (tertiary/aromatic N) is 1. The summed E-state index contributed by atoms with van der Waals surface area (Å²) in [6.45, 7) is 6.26. The number of sulfonamides is 1. The van der Waals surface area contributed by atoms with Gasteiger partial charge in [-0.2, -0.15) is 4.31 Å². The Labute approximate surface area is 98.3 Å². The number of nitrogens with one attached hydrogen (secondary N) is 1. The normalized spacial score (nSPS) is 13.8. The number of carbonyl (C=O) groups excluding carboxylic acids is 1. The Kier molecular flexibility index (Phi) is 6.59. The van der Waals surface area contributed by atoms with Gasteiger partial charge in [-0.3, -0.25) is 4.79 Å². The van der Waals surface area contributed by atoms with Crippen LogP contribution in [-0.2, 0) is 14.8 Å². The molecule has 0 aromatic rings. The molecule has 1 N–H and O–H groups in total. The van der Waals surface area contributed by atoms with Crippen LogP contribution in [-0.4, -0.2) is 44.0 Å². The molecule has 1 unspecified atom stereocenters. The Bertz CT molecular complexity index is 314. The maximum absolute atomic E-state index is 11.5. The molecule has 0 spiro atoms. The number of rotatable bonds is 7. The summed E-state index contributed by atoms with van der Waals surface area (Å²) in [5, 5.41) is 2.67. The van der Waals surface area contributed by atoms with Crippen molar-refractivity contribution < 1.29 is 13.2 Å². The molecular weight excluding hydrogens is 228 g/mol. The van der Waals surface area contributed by atoms with Crippen molar-refractivity contribution in [2.75, 3.05) is 19.3 Å². The summed E-state index contributed by atoms with van der Waals surface area (Å²) in [4.78, 5) is 11.0. The second kappa shape index (κ2) is 6.85. The van der Waals surface area contributed by atoms with E-state index >= 15 is 0 Å². The molecule has 0 aromatic carbocycles. The van der Waals surface area contributed by atoms with Gasteiger partial charge >= 0.3 is 0 Å². The van der Waals surface area contributed by atoms with E-state index in [-0.39, 0.29) is 11.9 Å². The smallest absolute Gasteiger partial charge is 0.219 e. The Morgan fingerprint density at radius 3 is 2.31 bits per heavy atom. The first-order valence-electron chi connectivity index (χ1n) is 5.56. The number of hydrogen-bond donors (Lipinski definition) is 1. The standard InChI is InChI=1S/C10H22N2O3S/c1-5-9(3)12(16(4,14)15)8-7-11-10(13)6-2/h9H,5-8H2,1-4H3,(H,11,13). The molecule has 1 amide bonds. The van der Waals surface area contributed by atoms with Gasteiger partial charge in [0.05, 0.1) is 6.26 Å². The van der Waals surface area contributed by atoms with Crippen LogP contribution >= 0.6 is 0 Å². The van der Waals surface area contributed by atoms with Gasteiger partial charge in [-0.15, -0.1) is 0 Å². The van der Waals surface area contributed by atoms with E-state index in [2.05, 4.69) is 5.32 Å². The van der Waals surface area contributed by atoms with Gasteiger partial charge in [-0.25, -0.2) is 8.42 Å². The van der Waals surface area contributed by atoms with Crippen LogP contribution in [0.25, 0.3) is 0 Å². The van der Waals surface area contributed by atoms with E-state index < -0.39 is 10.0 Å². The van der Waals surface area contributed by atoms with Crippen LogP contribution in [0.2, 0.25) is 0 Å². The van der Waals surface area contributed by atoms with Crippen LogP contribution in [0.15, 0.2) is 0 Å². The van der Waals surface area contributed by atoms with Crippen molar-refractivity contribution in [1.82, 2.24) is 9.62 Å². The van der Waals surface area contributed by atoms with Crippen LogP contribution in [0.1, 0.15) is 33.6 Å². The van der Waals surface area contributed by atoms with Crippen LogP contribution < -0.4 is 5.32 Å². The van der Waals surface area contributed by atoms with E-state index in [4.69, 9.17) is 0 Å². The van der Waals surface area contributed by atoms with Crippen LogP contribution in [0, 0.1) is 0 Å². The van der Waals surface area contributed by atoms with Crippen LogP contribution in [0.5, 0.6) is 0 Å². The van der Waals surface area contributed by atoms with E-state index in [0.717, 1.165) is 6.42 Å². The van der Waals surface area contributed by atoms with Crippen molar-refractivity contribution >= 4 is 15.9 Å². The zero-order valence-corrected chi connectivity index (χ0v) is 11.3. The van der Waals surface area contributed by atoms with Crippen molar-refractivity contribution in [3.05, 3.63) is 0 Å². The molecule has 0 bridgehead atoms. The van der Waals surface area contributed by atoms with E-state index in [9.17, 15) is 13.2 Å². The lowest BCUT2D eigenvalue weighted by molar-refractivity contribution is -0.120. The fraction of sp³-hybridized carbons (Fsp3) is 0.900. The number of hydrogen-bond acceptors (Lipinski definition) is 3. The second-order valence-corrected chi connectivity index (χ2v) is 5.77. The molecule has 0 aliphatic rings. The minimum absolute atomic E-state index is 0.0338. The summed E-state index contributed by atoms with van der Waals surface area (Å²) in [7, 11) is -3.20. The van der Waals surface area contributed by atoms with Crippen molar-refractivity contribution in [3.8, 4) is 0 Å². The third-order valence-electron chi connectivity index (χ3n) is 2.48. The molecule has 6 heteroatoms. The van der Waals surface area contributed by atoms with Gasteiger partial charge in [0.2, 0.25) is 15.9 Å². The summed E-state index contributed by atoms with van der Waals surface area (Å²) < 4.78 is 24.4. The maximum atomic E-state index is 11.5. The third kappa shape index (κ3) is 5.46. The molecule has 0 aromatic heterocycles. The van der Waals surface area contributed by atoms with Gasteiger partial charge in [0.1, 0.15) is 0 Å². The highest BCUT2D eigenvalue weighted by atomic mass is 32.2. The van der Waals surface area contributed by atoms with Gasteiger partial charge in [0.15, 0.2) is 0 Å². The monoisotopic (exact) mass is 250 g/mol. The molecule has 0 aliphatic heterocycles. The molecule has 0 saturated carbocycles. The molecule has 96 valence electrons. The molecule has 0 heterocycles. The molecule has 0 saturated heterocycles. The molecular formula is C10H22N2O3S. The summed E-state index contributed by atoms with van der Waals surface area (Å²) in [6, 6.07) is -0.0338. The number of amides is 1. The molecule has 1 atom stereocenters. The maximum Gasteiger partial charge on any atom is 0.219 e. The zero-order valence-electron chi connectivity index (χ0n) is 10.5. The Morgan fingerprint density at radius 2 is 1.94 bits per heavy atom. The van der Waals surface area contributed by atoms with Crippen LogP contribution in [0.4, 0.5) is 0 Å². The fourth-order valence-corrected chi connectivity index (χ4v) is 2.57. The van der Waals surface area contributed by atoms with E-state index in [1.165, 1.54) is 10.6 Å². The van der Waals surface area contributed by atoms with Gasteiger partial charge in [-0.1, -0.05) is 13.8 Å². The summed E-state index contributed by atoms with van der Waals surface area (Å²) >= 11 is 0. The van der Waals surface area contributed by atoms with Crippen molar-refractivity contribution in [2.24, 2.45) is 0 Å². The molecule has 0 fully saturated rings. The molecule has 0 aliphatic carbocycles. The lowest BCUT2D eigenvalue weighted by Crippen LogP contribution is -2.42. The van der Waals surface area contributed by atoms with Gasteiger partial charge < -0.3 is 5.32 Å². The third-order valence-corrected chi connectivity index (χ3v) is 3.88. The highest BCUT2D eigenvalue weighted by Crippen LogP contribution is 2.07. The van der Waals surface area contributed by atoms with Crippen molar-refractivity contribution in [2.45, 2.75) is 39.7 Å². The average molecular weight is 250 g/mol. The quantitative estimate of drug-likeness (QED) is 0.718. The molecule has 0 rings (SSSR count). The van der Waals surface area contributed by atoms with Gasteiger partial charge in [-0.05, 0) is 13.3 Å². The van der Waals surface area contributed by atoms with Gasteiger partial charge in [0, 0.05) is 25.6 Å². The Hall–Kier alpha value is -0.620. The first-order chi connectivity index (χ1) is 7.32. The van der Waals surface area contributed by atoms with E-state index in [0.29, 0.717) is 19.5 Å². The average Bonchev–Trinajstić information content (AvgIpc) is 2.21. The largest absolute Gasteiger partial charge is 0.355 e. The second-order valence-electron chi connectivity index (χ2n) is 3.83.